The highest BCUT2D eigenvalue weighted by Gasteiger charge is 2.06. The summed E-state index contributed by atoms with van der Waals surface area (Å²) in [5.74, 6) is 0.474. The molecule has 0 atom stereocenters. The second kappa shape index (κ2) is 11.1. The highest BCUT2D eigenvalue weighted by atomic mass is 19.1. The zero-order valence-corrected chi connectivity index (χ0v) is 16.8. The lowest BCUT2D eigenvalue weighted by Gasteiger charge is -2.12. The average Bonchev–Trinajstić information content (AvgIpc) is 2.68. The molecule has 5 nitrogen and oxygen atoms in total. The third-order valence-corrected chi connectivity index (χ3v) is 4.13. The van der Waals surface area contributed by atoms with Crippen molar-refractivity contribution in [2.75, 3.05) is 18.4 Å². The first-order valence-corrected chi connectivity index (χ1v) is 9.64. The van der Waals surface area contributed by atoms with Crippen LogP contribution >= 0.6 is 0 Å². The Balaban J connectivity index is 1.87. The molecule has 0 saturated carbocycles. The molecule has 28 heavy (non-hydrogen) atoms. The molecule has 6 heteroatoms. The largest absolute Gasteiger partial charge is 0.357 e. The number of benzene rings is 2. The quantitative estimate of drug-likeness (QED) is 0.480. The first-order chi connectivity index (χ1) is 13.5. The number of anilines is 1. The van der Waals surface area contributed by atoms with Crippen LogP contribution < -0.4 is 16.0 Å². The molecule has 0 saturated heterocycles. The third-order valence-electron chi connectivity index (χ3n) is 4.13. The molecule has 0 bridgehead atoms. The van der Waals surface area contributed by atoms with Gasteiger partial charge in [-0.05, 0) is 48.7 Å². The van der Waals surface area contributed by atoms with Crippen LogP contribution in [0.5, 0.6) is 0 Å². The van der Waals surface area contributed by atoms with Crippen LogP contribution in [0.4, 0.5) is 10.1 Å². The Labute approximate surface area is 166 Å². The van der Waals surface area contributed by atoms with Gasteiger partial charge in [0.25, 0.3) is 0 Å². The fraction of sp³-hybridized carbons (Fsp3) is 0.364. The van der Waals surface area contributed by atoms with Gasteiger partial charge < -0.3 is 16.0 Å². The molecule has 2 aromatic rings. The summed E-state index contributed by atoms with van der Waals surface area (Å²) in [6, 6.07) is 14.2. The van der Waals surface area contributed by atoms with Crippen LogP contribution in [0.1, 0.15) is 31.9 Å². The van der Waals surface area contributed by atoms with Crippen molar-refractivity contribution < 1.29 is 9.18 Å². The van der Waals surface area contributed by atoms with E-state index in [2.05, 4.69) is 20.9 Å². The van der Waals surface area contributed by atoms with Crippen LogP contribution in [-0.2, 0) is 17.8 Å². The Kier molecular flexibility index (Phi) is 8.46. The lowest BCUT2D eigenvalue weighted by atomic mass is 10.1. The number of amides is 1. The maximum Gasteiger partial charge on any atom is 0.226 e. The van der Waals surface area contributed by atoms with Crippen molar-refractivity contribution in [3.05, 3.63) is 65.5 Å². The van der Waals surface area contributed by atoms with Crippen LogP contribution in [0.15, 0.2) is 53.5 Å². The molecule has 0 aromatic heterocycles. The molecule has 2 aromatic carbocycles. The third kappa shape index (κ3) is 7.39. The number of carbonyl (C=O) groups is 1. The zero-order valence-electron chi connectivity index (χ0n) is 16.8. The van der Waals surface area contributed by atoms with E-state index >= 15 is 0 Å². The topological polar surface area (TPSA) is 65.5 Å². The van der Waals surface area contributed by atoms with Crippen molar-refractivity contribution in [2.24, 2.45) is 10.9 Å². The number of carbonyl (C=O) groups excluding carboxylic acids is 1. The summed E-state index contributed by atoms with van der Waals surface area (Å²) in [5, 5.41) is 9.39. The molecule has 3 N–H and O–H groups in total. The van der Waals surface area contributed by atoms with Gasteiger partial charge in [-0.2, -0.15) is 0 Å². The van der Waals surface area contributed by atoms with Crippen molar-refractivity contribution in [3.8, 4) is 0 Å². The zero-order chi connectivity index (χ0) is 20.4. The molecule has 2 rings (SSSR count). The van der Waals surface area contributed by atoms with E-state index in [4.69, 9.17) is 0 Å². The van der Waals surface area contributed by atoms with Gasteiger partial charge in [0.15, 0.2) is 5.96 Å². The van der Waals surface area contributed by atoms with Gasteiger partial charge in [0, 0.05) is 24.7 Å². The highest BCUT2D eigenvalue weighted by molar-refractivity contribution is 5.92. The van der Waals surface area contributed by atoms with Gasteiger partial charge in [0.1, 0.15) is 5.82 Å². The van der Waals surface area contributed by atoms with Gasteiger partial charge in [0.05, 0.1) is 6.54 Å². The van der Waals surface area contributed by atoms with E-state index in [1.54, 1.807) is 12.1 Å². The number of hydrogen-bond acceptors (Lipinski definition) is 2. The highest BCUT2D eigenvalue weighted by Crippen LogP contribution is 2.11. The average molecular weight is 384 g/mol. The van der Waals surface area contributed by atoms with Gasteiger partial charge >= 0.3 is 0 Å². The molecule has 0 spiro atoms. The summed E-state index contributed by atoms with van der Waals surface area (Å²) >= 11 is 0. The number of rotatable bonds is 8. The fourth-order valence-corrected chi connectivity index (χ4v) is 2.47. The van der Waals surface area contributed by atoms with Crippen molar-refractivity contribution in [2.45, 2.75) is 33.7 Å². The first kappa shape index (κ1) is 21.4. The summed E-state index contributed by atoms with van der Waals surface area (Å²) in [5.41, 5.74) is 2.91. The van der Waals surface area contributed by atoms with Crippen molar-refractivity contribution in [1.29, 1.82) is 0 Å². The minimum absolute atomic E-state index is 0.00515. The Morgan fingerprint density at radius 1 is 1.00 bits per heavy atom. The summed E-state index contributed by atoms with van der Waals surface area (Å²) in [6.45, 7) is 7.75. The molecule has 0 heterocycles. The Bertz CT molecular complexity index is 770. The number of aliphatic imine (C=N–C) groups is 1. The number of guanidine groups is 1. The van der Waals surface area contributed by atoms with Gasteiger partial charge in [-0.1, -0.05) is 38.1 Å². The van der Waals surface area contributed by atoms with E-state index in [0.29, 0.717) is 13.1 Å². The predicted octanol–water partition coefficient (Wildman–Crippen LogP) is 3.72. The molecule has 0 fully saturated rings. The van der Waals surface area contributed by atoms with E-state index in [1.165, 1.54) is 12.1 Å². The van der Waals surface area contributed by atoms with E-state index in [9.17, 15) is 9.18 Å². The summed E-state index contributed by atoms with van der Waals surface area (Å²) < 4.78 is 13.0. The summed E-state index contributed by atoms with van der Waals surface area (Å²) in [7, 11) is 0. The van der Waals surface area contributed by atoms with Crippen LogP contribution in [0.2, 0.25) is 0 Å². The molecule has 0 radical (unpaired) electrons. The molecular formula is C22H29FN4O. The van der Waals surface area contributed by atoms with Crippen molar-refractivity contribution in [1.82, 2.24) is 10.6 Å². The van der Waals surface area contributed by atoms with Gasteiger partial charge in [0.2, 0.25) is 5.91 Å². The number of halogens is 1. The molecule has 0 aliphatic heterocycles. The Hall–Kier alpha value is -2.89. The molecule has 0 aliphatic rings. The van der Waals surface area contributed by atoms with Gasteiger partial charge in [-0.25, -0.2) is 9.38 Å². The normalized spacial score (nSPS) is 11.4. The molecule has 150 valence electrons. The van der Waals surface area contributed by atoms with Crippen LogP contribution in [-0.4, -0.2) is 25.0 Å². The van der Waals surface area contributed by atoms with Crippen molar-refractivity contribution in [3.63, 3.8) is 0 Å². The smallest absolute Gasteiger partial charge is 0.226 e. The van der Waals surface area contributed by atoms with Gasteiger partial charge in [-0.15, -0.1) is 0 Å². The minimum Gasteiger partial charge on any atom is -0.357 e. The lowest BCUT2D eigenvalue weighted by Crippen LogP contribution is -2.38. The van der Waals surface area contributed by atoms with E-state index < -0.39 is 0 Å². The SMILES string of the molecule is CCNC(=NCc1ccc(NC(=O)C(C)C)cc1)NCCc1ccc(F)cc1. The number of nitrogens with one attached hydrogen (secondary N) is 3. The van der Waals surface area contributed by atoms with Crippen molar-refractivity contribution >= 4 is 17.6 Å². The summed E-state index contributed by atoms with van der Waals surface area (Å²) in [6.07, 6.45) is 0.787. The fourth-order valence-electron chi connectivity index (χ4n) is 2.47. The van der Waals surface area contributed by atoms with Crippen LogP contribution in [0, 0.1) is 11.7 Å². The Morgan fingerprint density at radius 3 is 2.25 bits per heavy atom. The molecule has 1 amide bonds. The minimum atomic E-state index is -0.221. The second-order valence-corrected chi connectivity index (χ2v) is 6.84. The second-order valence-electron chi connectivity index (χ2n) is 6.84. The molecule has 0 aliphatic carbocycles. The molecule has 0 unspecified atom stereocenters. The number of hydrogen-bond donors (Lipinski definition) is 3. The maximum absolute atomic E-state index is 13.0. The number of nitrogens with zero attached hydrogens (tertiary/aromatic N) is 1. The van der Waals surface area contributed by atoms with E-state index in [1.807, 2.05) is 45.0 Å². The standard InChI is InChI=1S/C22H29FN4O/c1-4-24-22(25-14-13-17-5-9-19(23)10-6-17)26-15-18-7-11-20(12-8-18)27-21(28)16(2)3/h5-12,16H,4,13-15H2,1-3H3,(H,27,28)(H2,24,25,26). The maximum atomic E-state index is 13.0. The summed E-state index contributed by atoms with van der Waals surface area (Å²) in [4.78, 5) is 16.3. The van der Waals surface area contributed by atoms with Gasteiger partial charge in [-0.3, -0.25) is 4.79 Å². The molecular weight excluding hydrogens is 355 g/mol. The lowest BCUT2D eigenvalue weighted by molar-refractivity contribution is -0.118. The van der Waals surface area contributed by atoms with Crippen LogP contribution in [0.25, 0.3) is 0 Å². The van der Waals surface area contributed by atoms with E-state index in [-0.39, 0.29) is 17.6 Å². The predicted molar refractivity (Wildman–Crippen MR) is 113 cm³/mol. The van der Waals surface area contributed by atoms with E-state index in [0.717, 1.165) is 35.7 Å². The monoisotopic (exact) mass is 384 g/mol. The Morgan fingerprint density at radius 2 is 1.64 bits per heavy atom. The van der Waals surface area contributed by atoms with Crippen LogP contribution in [0.3, 0.4) is 0 Å². The first-order valence-electron chi connectivity index (χ1n) is 9.64.